The van der Waals surface area contributed by atoms with Crippen LogP contribution < -0.4 is 0 Å². The van der Waals surface area contributed by atoms with Gasteiger partial charge in [0, 0.05) is 6.42 Å². The molecule has 1 fully saturated rings. The highest BCUT2D eigenvalue weighted by molar-refractivity contribution is 5.47. The van der Waals surface area contributed by atoms with E-state index in [1.54, 1.807) is 0 Å². The van der Waals surface area contributed by atoms with Crippen molar-refractivity contribution in [2.45, 2.75) is 31.5 Å². The number of hydrogen-bond donors (Lipinski definition) is 0. The summed E-state index contributed by atoms with van der Waals surface area (Å²) in [7, 11) is 0. The number of hydrogen-bond acceptors (Lipinski definition) is 1. The Morgan fingerprint density at radius 1 is 0.708 bits per heavy atom. The lowest BCUT2D eigenvalue weighted by Gasteiger charge is -2.19. The number of epoxide rings is 1. The first-order valence-electron chi connectivity index (χ1n) is 8.51. The van der Waals surface area contributed by atoms with Crippen LogP contribution in [0.2, 0.25) is 0 Å². The van der Waals surface area contributed by atoms with Crippen LogP contribution in [0.4, 0.5) is 0 Å². The van der Waals surface area contributed by atoms with Crippen LogP contribution in [0.15, 0.2) is 84.9 Å². The molecular formula is C23H22O. The second-order valence-corrected chi connectivity index (χ2v) is 6.85. The Morgan fingerprint density at radius 2 is 1.21 bits per heavy atom. The van der Waals surface area contributed by atoms with E-state index < -0.39 is 0 Å². The smallest absolute Gasteiger partial charge is 0.148 e. The second kappa shape index (κ2) is 5.61. The lowest BCUT2D eigenvalue weighted by atomic mass is 9.78. The van der Waals surface area contributed by atoms with Gasteiger partial charge in [0.05, 0.1) is 0 Å². The number of ether oxygens (including phenoxy) is 1. The molecule has 1 heterocycles. The molecule has 1 heteroatoms. The summed E-state index contributed by atoms with van der Waals surface area (Å²) in [5.74, 6) is 0. The van der Waals surface area contributed by atoms with Crippen LogP contribution in [0, 0.1) is 6.92 Å². The molecule has 0 N–H and O–H groups in total. The zero-order valence-corrected chi connectivity index (χ0v) is 14.2. The summed E-state index contributed by atoms with van der Waals surface area (Å²) in [6, 6.07) is 29.8. The lowest BCUT2D eigenvalue weighted by molar-refractivity contribution is 0.286. The van der Waals surface area contributed by atoms with Crippen LogP contribution in [0.3, 0.4) is 0 Å². The number of aryl methyl sites for hydroxylation is 1. The van der Waals surface area contributed by atoms with Gasteiger partial charge in [0.1, 0.15) is 11.2 Å². The maximum absolute atomic E-state index is 6.52. The zero-order valence-electron chi connectivity index (χ0n) is 14.2. The summed E-state index contributed by atoms with van der Waals surface area (Å²) in [5.41, 5.74) is 4.54. The van der Waals surface area contributed by atoms with Crippen molar-refractivity contribution in [2.75, 3.05) is 0 Å². The summed E-state index contributed by atoms with van der Waals surface area (Å²) in [6.45, 7) is 4.41. The van der Waals surface area contributed by atoms with E-state index in [4.69, 9.17) is 4.74 Å². The van der Waals surface area contributed by atoms with Crippen molar-refractivity contribution in [3.63, 3.8) is 0 Å². The van der Waals surface area contributed by atoms with Crippen molar-refractivity contribution in [3.05, 3.63) is 107 Å². The molecule has 1 aliphatic heterocycles. The van der Waals surface area contributed by atoms with Crippen LogP contribution in [0.25, 0.3) is 0 Å². The highest BCUT2D eigenvalue weighted by atomic mass is 16.6. The zero-order chi connectivity index (χ0) is 16.6. The number of benzene rings is 3. The predicted octanol–water partition coefficient (Wildman–Crippen LogP) is 5.27. The van der Waals surface area contributed by atoms with Crippen LogP contribution in [-0.2, 0) is 16.8 Å². The van der Waals surface area contributed by atoms with Gasteiger partial charge in [-0.1, -0.05) is 84.9 Å². The van der Waals surface area contributed by atoms with Crippen LogP contribution in [-0.4, -0.2) is 5.60 Å². The highest BCUT2D eigenvalue weighted by Gasteiger charge is 2.68. The van der Waals surface area contributed by atoms with Crippen molar-refractivity contribution in [1.82, 2.24) is 0 Å². The molecule has 0 aromatic heterocycles. The lowest BCUT2D eigenvalue weighted by Crippen LogP contribution is -2.25. The van der Waals surface area contributed by atoms with Gasteiger partial charge < -0.3 is 4.74 Å². The van der Waals surface area contributed by atoms with Gasteiger partial charge in [-0.15, -0.1) is 0 Å². The number of rotatable bonds is 4. The summed E-state index contributed by atoms with van der Waals surface area (Å²) in [6.07, 6.45) is 0.906. The molecule has 1 aliphatic rings. The first-order valence-corrected chi connectivity index (χ1v) is 8.51. The van der Waals surface area contributed by atoms with E-state index in [0.29, 0.717) is 0 Å². The van der Waals surface area contributed by atoms with E-state index >= 15 is 0 Å². The molecule has 0 aliphatic carbocycles. The summed E-state index contributed by atoms with van der Waals surface area (Å²) in [4.78, 5) is 0. The van der Waals surface area contributed by atoms with Gasteiger partial charge >= 0.3 is 0 Å². The monoisotopic (exact) mass is 314 g/mol. The van der Waals surface area contributed by atoms with E-state index in [1.165, 1.54) is 22.3 Å². The highest BCUT2D eigenvalue weighted by Crippen LogP contribution is 2.61. The third kappa shape index (κ3) is 2.28. The maximum atomic E-state index is 6.52. The van der Waals surface area contributed by atoms with E-state index in [0.717, 1.165) is 6.42 Å². The fourth-order valence-electron chi connectivity index (χ4n) is 3.89. The minimum absolute atomic E-state index is 0.234. The fraction of sp³-hybridized carbons (Fsp3) is 0.217. The Morgan fingerprint density at radius 3 is 1.75 bits per heavy atom. The van der Waals surface area contributed by atoms with Crippen molar-refractivity contribution < 1.29 is 4.74 Å². The van der Waals surface area contributed by atoms with E-state index in [9.17, 15) is 0 Å². The topological polar surface area (TPSA) is 12.5 Å². The molecule has 24 heavy (non-hydrogen) atoms. The summed E-state index contributed by atoms with van der Waals surface area (Å²) >= 11 is 0. The molecule has 120 valence electrons. The Balaban J connectivity index is 1.79. The molecule has 4 rings (SSSR count). The van der Waals surface area contributed by atoms with E-state index in [1.807, 2.05) is 0 Å². The molecule has 1 saturated heterocycles. The van der Waals surface area contributed by atoms with Crippen molar-refractivity contribution in [2.24, 2.45) is 0 Å². The predicted molar refractivity (Wildman–Crippen MR) is 98.0 cm³/mol. The molecular weight excluding hydrogens is 292 g/mol. The van der Waals surface area contributed by atoms with Gasteiger partial charge in [0.25, 0.3) is 0 Å². The molecule has 1 atom stereocenters. The van der Waals surface area contributed by atoms with Gasteiger partial charge in [-0.3, -0.25) is 0 Å². The third-order valence-electron chi connectivity index (χ3n) is 5.23. The molecule has 1 nitrogen and oxygen atoms in total. The molecule has 0 radical (unpaired) electrons. The van der Waals surface area contributed by atoms with Crippen molar-refractivity contribution in [3.8, 4) is 0 Å². The minimum Gasteiger partial charge on any atom is -0.352 e. The Bertz CT molecular complexity index is 799. The molecule has 0 amide bonds. The van der Waals surface area contributed by atoms with Crippen LogP contribution in [0.5, 0.6) is 0 Å². The van der Waals surface area contributed by atoms with Crippen molar-refractivity contribution >= 4 is 0 Å². The largest absolute Gasteiger partial charge is 0.352 e. The van der Waals surface area contributed by atoms with E-state index in [2.05, 4.69) is 98.8 Å². The normalized spacial score (nSPS) is 21.4. The first kappa shape index (κ1) is 15.2. The molecule has 3 aromatic rings. The Kier molecular flexibility index (Phi) is 3.54. The van der Waals surface area contributed by atoms with Crippen molar-refractivity contribution in [1.29, 1.82) is 0 Å². The summed E-state index contributed by atoms with van der Waals surface area (Å²) in [5, 5.41) is 0. The third-order valence-corrected chi connectivity index (χ3v) is 5.23. The van der Waals surface area contributed by atoms with Gasteiger partial charge in [-0.2, -0.15) is 0 Å². The molecule has 0 saturated carbocycles. The molecule has 3 aromatic carbocycles. The average molecular weight is 314 g/mol. The minimum atomic E-state index is -0.363. The average Bonchev–Trinajstić information content (AvgIpc) is 3.25. The quantitative estimate of drug-likeness (QED) is 0.598. The Labute approximate surface area is 143 Å². The second-order valence-electron chi connectivity index (χ2n) is 6.85. The maximum Gasteiger partial charge on any atom is 0.148 e. The van der Waals surface area contributed by atoms with Gasteiger partial charge in [-0.05, 0) is 36.1 Å². The summed E-state index contributed by atoms with van der Waals surface area (Å²) < 4.78 is 6.52. The molecule has 0 spiro atoms. The fourth-order valence-corrected chi connectivity index (χ4v) is 3.89. The van der Waals surface area contributed by atoms with Gasteiger partial charge in [-0.25, -0.2) is 0 Å². The van der Waals surface area contributed by atoms with Gasteiger partial charge in [0.2, 0.25) is 0 Å². The molecule has 1 unspecified atom stereocenters. The van der Waals surface area contributed by atoms with Gasteiger partial charge in [0.15, 0.2) is 0 Å². The first-order chi connectivity index (χ1) is 11.7. The SMILES string of the molecule is Cc1ccccc1CC1(C)OC1(c1ccccc1)c1ccccc1. The van der Waals surface area contributed by atoms with E-state index in [-0.39, 0.29) is 11.2 Å². The van der Waals surface area contributed by atoms with Crippen LogP contribution >= 0.6 is 0 Å². The van der Waals surface area contributed by atoms with Crippen LogP contribution in [0.1, 0.15) is 29.2 Å². The molecule has 0 bridgehead atoms. The standard InChI is InChI=1S/C23H22O/c1-18-11-9-10-12-19(18)17-22(2)23(24-22,20-13-5-3-6-14-20)21-15-7-4-8-16-21/h3-16H,17H2,1-2H3. The Hall–Kier alpha value is -2.38.